The molecule has 0 saturated carbocycles. The van der Waals surface area contributed by atoms with E-state index in [1.54, 1.807) is 0 Å². The van der Waals surface area contributed by atoms with Gasteiger partial charge in [0, 0.05) is 4.88 Å². The fraction of sp³-hybridized carbons (Fsp3) is 0.286. The molecule has 0 fully saturated rings. The predicted octanol–water partition coefficient (Wildman–Crippen LogP) is -1.72. The number of hydrogen-bond donors (Lipinski definition) is 4. The van der Waals surface area contributed by atoms with Crippen molar-refractivity contribution in [1.82, 2.24) is 0 Å². The SMILES string of the molecule is NC(=O)C(O)C(O)c1ccc(S(N)(=O)=O)s1. The highest BCUT2D eigenvalue weighted by Crippen LogP contribution is 2.27. The molecule has 0 radical (unpaired) electrons. The van der Waals surface area contributed by atoms with E-state index in [1.807, 2.05) is 0 Å². The second kappa shape index (κ2) is 4.47. The average Bonchev–Trinajstić information content (AvgIpc) is 2.63. The Labute approximate surface area is 95.4 Å². The first-order chi connectivity index (χ1) is 7.23. The van der Waals surface area contributed by atoms with Gasteiger partial charge in [0.25, 0.3) is 0 Å². The first-order valence-electron chi connectivity index (χ1n) is 4.01. The number of carbonyl (C=O) groups is 1. The lowest BCUT2D eigenvalue weighted by atomic mass is 10.1. The maximum atomic E-state index is 10.9. The minimum absolute atomic E-state index is 0.0929. The Morgan fingerprint density at radius 1 is 1.38 bits per heavy atom. The summed E-state index contributed by atoms with van der Waals surface area (Å²) in [4.78, 5) is 10.7. The number of rotatable bonds is 4. The van der Waals surface area contributed by atoms with Crippen molar-refractivity contribution in [2.45, 2.75) is 16.4 Å². The highest BCUT2D eigenvalue weighted by molar-refractivity contribution is 7.91. The van der Waals surface area contributed by atoms with E-state index < -0.39 is 28.1 Å². The molecule has 1 heterocycles. The van der Waals surface area contributed by atoms with Crippen LogP contribution in [-0.4, -0.2) is 30.6 Å². The summed E-state index contributed by atoms with van der Waals surface area (Å²) in [6, 6.07) is 2.42. The molecular weight excluding hydrogens is 256 g/mol. The molecule has 9 heteroatoms. The molecule has 16 heavy (non-hydrogen) atoms. The van der Waals surface area contributed by atoms with E-state index in [0.29, 0.717) is 11.3 Å². The highest BCUT2D eigenvalue weighted by atomic mass is 32.2. The zero-order chi connectivity index (χ0) is 12.5. The highest BCUT2D eigenvalue weighted by Gasteiger charge is 2.26. The topological polar surface area (TPSA) is 144 Å². The molecule has 1 aromatic rings. The Morgan fingerprint density at radius 3 is 2.31 bits per heavy atom. The van der Waals surface area contributed by atoms with Gasteiger partial charge in [0.2, 0.25) is 15.9 Å². The zero-order valence-electron chi connectivity index (χ0n) is 7.90. The summed E-state index contributed by atoms with van der Waals surface area (Å²) in [6.45, 7) is 0. The van der Waals surface area contributed by atoms with E-state index >= 15 is 0 Å². The van der Waals surface area contributed by atoms with Crippen LogP contribution in [0.1, 0.15) is 11.0 Å². The Morgan fingerprint density at radius 2 is 1.94 bits per heavy atom. The van der Waals surface area contributed by atoms with Crippen LogP contribution in [0.15, 0.2) is 16.3 Å². The largest absolute Gasteiger partial charge is 0.384 e. The van der Waals surface area contributed by atoms with Crippen molar-refractivity contribution in [1.29, 1.82) is 0 Å². The first kappa shape index (κ1) is 13.1. The maximum absolute atomic E-state index is 10.9. The van der Waals surface area contributed by atoms with Gasteiger partial charge in [0.05, 0.1) is 0 Å². The summed E-state index contributed by atoms with van der Waals surface area (Å²) in [5.41, 5.74) is 4.78. The molecular formula is C7H10N2O5S2. The molecule has 0 saturated heterocycles. The predicted molar refractivity (Wildman–Crippen MR) is 55.9 cm³/mol. The van der Waals surface area contributed by atoms with Gasteiger partial charge in [-0.2, -0.15) is 0 Å². The van der Waals surface area contributed by atoms with Crippen molar-refractivity contribution in [2.75, 3.05) is 0 Å². The smallest absolute Gasteiger partial charge is 0.249 e. The molecule has 0 aliphatic heterocycles. The first-order valence-corrected chi connectivity index (χ1v) is 6.37. The summed E-state index contributed by atoms with van der Waals surface area (Å²) in [6.07, 6.45) is -3.34. The van der Waals surface area contributed by atoms with Crippen molar-refractivity contribution in [3.8, 4) is 0 Å². The van der Waals surface area contributed by atoms with E-state index in [0.717, 1.165) is 0 Å². The number of sulfonamides is 1. The van der Waals surface area contributed by atoms with Crippen LogP contribution in [0.4, 0.5) is 0 Å². The quantitative estimate of drug-likeness (QED) is 0.512. The second-order valence-electron chi connectivity index (χ2n) is 2.99. The minimum atomic E-state index is -3.85. The van der Waals surface area contributed by atoms with E-state index in [9.17, 15) is 18.3 Å². The normalized spacial score (nSPS) is 15.7. The van der Waals surface area contributed by atoms with Crippen molar-refractivity contribution in [3.63, 3.8) is 0 Å². The molecule has 6 N–H and O–H groups in total. The molecule has 2 unspecified atom stereocenters. The molecule has 1 rings (SSSR count). The number of thiophene rings is 1. The van der Waals surface area contributed by atoms with Gasteiger partial charge in [0.1, 0.15) is 10.3 Å². The van der Waals surface area contributed by atoms with Gasteiger partial charge in [-0.1, -0.05) is 0 Å². The van der Waals surface area contributed by atoms with Crippen molar-refractivity contribution < 1.29 is 23.4 Å². The number of primary amides is 1. The summed E-state index contributed by atoms with van der Waals surface area (Å²) >= 11 is 0.663. The molecule has 2 atom stereocenters. The van der Waals surface area contributed by atoms with Crippen LogP contribution < -0.4 is 10.9 Å². The third kappa shape index (κ3) is 2.77. The number of carbonyl (C=O) groups excluding carboxylic acids is 1. The molecule has 90 valence electrons. The molecule has 0 aliphatic carbocycles. The van der Waals surface area contributed by atoms with Crippen LogP contribution in [0.2, 0.25) is 0 Å². The number of nitrogens with two attached hydrogens (primary N) is 2. The zero-order valence-corrected chi connectivity index (χ0v) is 9.53. The number of aliphatic hydroxyl groups excluding tert-OH is 2. The van der Waals surface area contributed by atoms with Crippen LogP contribution in [0, 0.1) is 0 Å². The van der Waals surface area contributed by atoms with Crippen LogP contribution in [0.5, 0.6) is 0 Å². The molecule has 0 bridgehead atoms. The van der Waals surface area contributed by atoms with Crippen LogP contribution >= 0.6 is 11.3 Å². The van der Waals surface area contributed by atoms with Gasteiger partial charge in [-0.3, -0.25) is 4.79 Å². The fourth-order valence-corrected chi connectivity index (χ4v) is 2.72. The monoisotopic (exact) mass is 266 g/mol. The van der Waals surface area contributed by atoms with Gasteiger partial charge in [-0.05, 0) is 12.1 Å². The number of aliphatic hydroxyl groups is 2. The molecule has 7 nitrogen and oxygen atoms in total. The summed E-state index contributed by atoms with van der Waals surface area (Å²) in [7, 11) is -3.85. The standard InChI is InChI=1S/C7H10N2O5S2/c8-7(12)6(11)5(10)3-1-2-4(15-3)16(9,13)14/h1-2,5-6,10-11H,(H2,8,12)(H2,9,13,14). The lowest BCUT2D eigenvalue weighted by Crippen LogP contribution is -2.33. The van der Waals surface area contributed by atoms with Gasteiger partial charge >= 0.3 is 0 Å². The molecule has 1 amide bonds. The van der Waals surface area contributed by atoms with Crippen molar-refractivity contribution >= 4 is 27.3 Å². The molecule has 0 aliphatic rings. The average molecular weight is 266 g/mol. The Bertz CT molecular complexity index is 495. The van der Waals surface area contributed by atoms with Crippen LogP contribution in [0.3, 0.4) is 0 Å². The van der Waals surface area contributed by atoms with E-state index in [1.165, 1.54) is 12.1 Å². The van der Waals surface area contributed by atoms with Gasteiger partial charge < -0.3 is 15.9 Å². The van der Waals surface area contributed by atoms with Crippen LogP contribution in [-0.2, 0) is 14.8 Å². The fourth-order valence-electron chi connectivity index (χ4n) is 0.957. The van der Waals surface area contributed by atoms with Gasteiger partial charge in [-0.15, -0.1) is 11.3 Å². The molecule has 1 aromatic heterocycles. The second-order valence-corrected chi connectivity index (χ2v) is 5.90. The van der Waals surface area contributed by atoms with Crippen molar-refractivity contribution in [3.05, 3.63) is 17.0 Å². The Kier molecular flexibility index (Phi) is 3.65. The van der Waals surface area contributed by atoms with Gasteiger partial charge in [-0.25, -0.2) is 13.6 Å². The summed E-state index contributed by atoms with van der Waals surface area (Å²) in [5, 5.41) is 23.5. The molecule has 0 aromatic carbocycles. The summed E-state index contributed by atoms with van der Waals surface area (Å²) in [5.74, 6) is -1.10. The van der Waals surface area contributed by atoms with Crippen molar-refractivity contribution in [2.24, 2.45) is 10.9 Å². The van der Waals surface area contributed by atoms with E-state index in [4.69, 9.17) is 16.0 Å². The van der Waals surface area contributed by atoms with Crippen LogP contribution in [0.25, 0.3) is 0 Å². The van der Waals surface area contributed by atoms with Gasteiger partial charge in [0.15, 0.2) is 6.10 Å². The third-order valence-corrected chi connectivity index (χ3v) is 4.36. The number of hydrogen-bond acceptors (Lipinski definition) is 6. The van der Waals surface area contributed by atoms with E-state index in [-0.39, 0.29) is 9.09 Å². The van der Waals surface area contributed by atoms with E-state index in [2.05, 4.69) is 0 Å². The lowest BCUT2D eigenvalue weighted by Gasteiger charge is -2.12. The summed E-state index contributed by atoms with van der Waals surface area (Å²) < 4.78 is 21.7. The maximum Gasteiger partial charge on any atom is 0.249 e. The number of amides is 1. The lowest BCUT2D eigenvalue weighted by molar-refractivity contribution is -0.131. The minimum Gasteiger partial charge on any atom is -0.384 e. The third-order valence-electron chi connectivity index (χ3n) is 1.76. The number of primary sulfonamides is 1. The Balaban J connectivity index is 2.99. The molecule has 0 spiro atoms. The Hall–Kier alpha value is -1.00.